The van der Waals surface area contributed by atoms with Crippen LogP contribution in [0.5, 0.6) is 11.5 Å². The Balaban J connectivity index is 1.76. The molecule has 0 aliphatic rings. The Morgan fingerprint density at radius 3 is 1.08 bits per heavy atom. The van der Waals surface area contributed by atoms with Gasteiger partial charge in [0.05, 0.1) is 12.8 Å². The predicted octanol–water partition coefficient (Wildman–Crippen LogP) is 10.5. The average Bonchev–Trinajstić information content (AvgIpc) is 2.93. The van der Waals surface area contributed by atoms with Crippen LogP contribution in [-0.2, 0) is 40.7 Å². The fourth-order valence-electron chi connectivity index (χ4n) is 5.14. The van der Waals surface area contributed by atoms with Gasteiger partial charge in [-0.3, -0.25) is 9.59 Å². The Morgan fingerprint density at radius 2 is 0.837 bits per heavy atom. The minimum atomic E-state index is -0.261. The van der Waals surface area contributed by atoms with Gasteiger partial charge < -0.3 is 19.7 Å². The molecule has 2 atom stereocenters. The molecular formula is C40H62O6S3. The number of aromatic hydroxyl groups is 2. The lowest BCUT2D eigenvalue weighted by atomic mass is 9.79. The van der Waals surface area contributed by atoms with Gasteiger partial charge >= 0.3 is 11.9 Å². The predicted molar refractivity (Wildman–Crippen MR) is 210 cm³/mol. The second kappa shape index (κ2) is 17.5. The molecule has 9 heteroatoms. The normalized spacial score (nSPS) is 14.0. The smallest absolute Gasteiger partial charge is 0.306 e. The first-order valence-electron chi connectivity index (χ1n) is 17.3. The van der Waals surface area contributed by atoms with E-state index in [0.29, 0.717) is 34.5 Å². The third-order valence-electron chi connectivity index (χ3n) is 7.93. The van der Waals surface area contributed by atoms with Crippen LogP contribution >= 0.6 is 35.3 Å². The van der Waals surface area contributed by atoms with E-state index in [-0.39, 0.29) is 58.6 Å². The number of thioether (sulfide) groups is 3. The lowest BCUT2D eigenvalue weighted by molar-refractivity contribution is -0.147. The van der Waals surface area contributed by atoms with Gasteiger partial charge in [-0.2, -0.15) is 11.8 Å². The Labute approximate surface area is 309 Å². The topological polar surface area (TPSA) is 93.1 Å². The summed E-state index contributed by atoms with van der Waals surface area (Å²) in [6.07, 6.45) is 0.0403. The fraction of sp³-hybridized carbons (Fsp3) is 0.650. The van der Waals surface area contributed by atoms with Crippen LogP contribution in [0, 0.1) is 0 Å². The van der Waals surface area contributed by atoms with Crippen molar-refractivity contribution in [1.82, 2.24) is 0 Å². The van der Waals surface area contributed by atoms with Gasteiger partial charge in [0, 0.05) is 55.1 Å². The largest absolute Gasteiger partial charge is 0.507 e. The van der Waals surface area contributed by atoms with E-state index < -0.39 is 0 Å². The summed E-state index contributed by atoms with van der Waals surface area (Å²) < 4.78 is 11.3. The monoisotopic (exact) mass is 734 g/mol. The first-order valence-corrected chi connectivity index (χ1v) is 20.4. The van der Waals surface area contributed by atoms with E-state index >= 15 is 0 Å². The van der Waals surface area contributed by atoms with Crippen LogP contribution in [0.3, 0.4) is 0 Å². The number of hydrogen-bond donors (Lipinski definition) is 2. The van der Waals surface area contributed by atoms with E-state index in [0.717, 1.165) is 32.0 Å². The van der Waals surface area contributed by atoms with E-state index in [9.17, 15) is 19.8 Å². The molecule has 0 aromatic heterocycles. The highest BCUT2D eigenvalue weighted by Crippen LogP contribution is 2.43. The lowest BCUT2D eigenvalue weighted by Gasteiger charge is -2.28. The molecule has 49 heavy (non-hydrogen) atoms. The molecule has 0 saturated heterocycles. The number of phenols is 2. The highest BCUT2D eigenvalue weighted by molar-refractivity contribution is 7.99. The molecule has 6 nitrogen and oxygen atoms in total. The third-order valence-corrected chi connectivity index (χ3v) is 11.3. The number of ether oxygens (including phenoxy) is 2. The molecule has 0 aliphatic carbocycles. The van der Waals surface area contributed by atoms with E-state index in [4.69, 9.17) is 9.47 Å². The molecule has 0 saturated carbocycles. The van der Waals surface area contributed by atoms with E-state index in [2.05, 4.69) is 83.1 Å². The molecule has 0 radical (unpaired) electrons. The van der Waals surface area contributed by atoms with Crippen molar-refractivity contribution in [1.29, 1.82) is 0 Å². The van der Waals surface area contributed by atoms with Gasteiger partial charge in [0.2, 0.25) is 0 Å². The summed E-state index contributed by atoms with van der Waals surface area (Å²) in [5.41, 5.74) is 2.86. The van der Waals surface area contributed by atoms with Gasteiger partial charge in [-0.05, 0) is 59.8 Å². The molecule has 2 rings (SSSR count). The molecule has 2 N–H and O–H groups in total. The summed E-state index contributed by atoms with van der Waals surface area (Å²) >= 11 is 4.80. The van der Waals surface area contributed by atoms with Crippen LogP contribution in [0.1, 0.15) is 132 Å². The summed E-state index contributed by atoms with van der Waals surface area (Å²) in [7, 11) is 0. The maximum absolute atomic E-state index is 12.5. The second-order valence-electron chi connectivity index (χ2n) is 17.1. The van der Waals surface area contributed by atoms with E-state index in [1.165, 1.54) is 0 Å². The summed E-state index contributed by atoms with van der Waals surface area (Å²) in [4.78, 5) is 27.1. The molecule has 2 aromatic rings. The summed E-state index contributed by atoms with van der Waals surface area (Å²) in [5, 5.41) is 22.0. The highest BCUT2D eigenvalue weighted by Gasteiger charge is 2.28. The van der Waals surface area contributed by atoms with Gasteiger partial charge in [0.15, 0.2) is 0 Å². The maximum Gasteiger partial charge on any atom is 0.306 e. The van der Waals surface area contributed by atoms with Crippen molar-refractivity contribution in [2.75, 3.05) is 23.0 Å². The van der Waals surface area contributed by atoms with Crippen molar-refractivity contribution >= 4 is 47.2 Å². The first kappa shape index (κ1) is 43.2. The number of phenolic OH excluding ortho intramolecular Hbond substituents is 2. The van der Waals surface area contributed by atoms with Gasteiger partial charge in [-0.1, -0.05) is 83.1 Å². The zero-order chi connectivity index (χ0) is 37.5. The number of carbonyl (C=O) groups excluding carboxylic acids is 2. The molecule has 0 spiro atoms. The van der Waals surface area contributed by atoms with E-state index in [1.54, 1.807) is 35.3 Å². The van der Waals surface area contributed by atoms with Crippen LogP contribution in [0.15, 0.2) is 34.1 Å². The molecule has 0 bridgehead atoms. The zero-order valence-electron chi connectivity index (χ0n) is 32.5. The number of esters is 2. The fourth-order valence-corrected chi connectivity index (χ4v) is 7.77. The van der Waals surface area contributed by atoms with Crippen molar-refractivity contribution in [2.45, 2.75) is 153 Å². The highest BCUT2D eigenvalue weighted by atomic mass is 32.2. The summed E-state index contributed by atoms with van der Waals surface area (Å²) in [5.74, 6) is 2.60. The quantitative estimate of drug-likeness (QED) is 0.112. The van der Waals surface area contributed by atoms with Crippen molar-refractivity contribution in [3.8, 4) is 11.5 Å². The minimum absolute atomic E-state index is 0.202. The number of carbonyl (C=O) groups is 2. The van der Waals surface area contributed by atoms with Crippen LogP contribution < -0.4 is 0 Å². The number of benzene rings is 2. The standard InChI is InChI=1S/C40H62O6S3/c1-25(23-48-27-19-29(37(3,4)5)35(43)30(20-27)38(6,7)8)45-33(41)15-17-47-18-16-34(42)46-26(2)24-49-28-21-31(39(9,10)11)36(44)32(22-28)40(12,13)14/h19-22,25-26,43-44H,15-18,23-24H2,1-14H3. The van der Waals surface area contributed by atoms with Gasteiger partial charge in [0.1, 0.15) is 23.7 Å². The molecule has 276 valence electrons. The first-order chi connectivity index (χ1) is 22.3. The Hall–Kier alpha value is -1.97. The SMILES string of the molecule is CC(CSc1cc(C(C)(C)C)c(O)c(C(C)(C)C)c1)OC(=O)CCSCCC(=O)OC(C)CSc1cc(C(C)(C)C)c(O)c(C(C)(C)C)c1. The maximum atomic E-state index is 12.5. The van der Waals surface area contributed by atoms with Crippen molar-refractivity contribution in [3.63, 3.8) is 0 Å². The molecule has 2 aromatic carbocycles. The van der Waals surface area contributed by atoms with Crippen molar-refractivity contribution < 1.29 is 29.3 Å². The molecule has 2 unspecified atom stereocenters. The van der Waals surface area contributed by atoms with E-state index in [1.807, 2.05) is 38.1 Å². The van der Waals surface area contributed by atoms with Crippen LogP contribution in [0.2, 0.25) is 0 Å². The molecule has 0 fully saturated rings. The summed E-state index contributed by atoms with van der Waals surface area (Å²) in [6.45, 7) is 29.0. The van der Waals surface area contributed by atoms with Crippen LogP contribution in [0.25, 0.3) is 0 Å². The second-order valence-corrected chi connectivity index (χ2v) is 20.5. The summed E-state index contributed by atoms with van der Waals surface area (Å²) in [6, 6.07) is 8.19. The molecule has 0 aliphatic heterocycles. The molecular weight excluding hydrogens is 673 g/mol. The number of rotatable bonds is 14. The number of hydrogen-bond acceptors (Lipinski definition) is 9. The van der Waals surface area contributed by atoms with Gasteiger partial charge in [0.25, 0.3) is 0 Å². The Morgan fingerprint density at radius 1 is 0.571 bits per heavy atom. The van der Waals surface area contributed by atoms with Gasteiger partial charge in [-0.15, -0.1) is 23.5 Å². The van der Waals surface area contributed by atoms with Crippen LogP contribution in [0.4, 0.5) is 0 Å². The van der Waals surface area contributed by atoms with Crippen molar-refractivity contribution in [2.24, 2.45) is 0 Å². The molecule has 0 heterocycles. The minimum Gasteiger partial charge on any atom is -0.507 e. The Kier molecular flexibility index (Phi) is 15.4. The third kappa shape index (κ3) is 13.9. The average molecular weight is 735 g/mol. The Bertz CT molecular complexity index is 1250. The van der Waals surface area contributed by atoms with Gasteiger partial charge in [-0.25, -0.2) is 0 Å². The lowest BCUT2D eigenvalue weighted by Crippen LogP contribution is -2.19. The van der Waals surface area contributed by atoms with Crippen molar-refractivity contribution in [3.05, 3.63) is 46.5 Å². The van der Waals surface area contributed by atoms with Crippen LogP contribution in [-0.4, -0.2) is 57.4 Å². The molecule has 0 amide bonds. The zero-order valence-corrected chi connectivity index (χ0v) is 34.9.